The lowest BCUT2D eigenvalue weighted by Crippen LogP contribution is -2.21. The van der Waals surface area contributed by atoms with Gasteiger partial charge >= 0.3 is 0 Å². The first-order valence-corrected chi connectivity index (χ1v) is 6.09. The van der Waals surface area contributed by atoms with Gasteiger partial charge in [0.05, 0.1) is 6.04 Å². The van der Waals surface area contributed by atoms with Crippen LogP contribution >= 0.6 is 12.4 Å². The first-order chi connectivity index (χ1) is 7.75. The first kappa shape index (κ1) is 16.1. The molecule has 0 aliphatic heterocycles. The van der Waals surface area contributed by atoms with Gasteiger partial charge in [-0.2, -0.15) is 0 Å². The molecule has 0 spiro atoms. The molecule has 1 unspecified atom stereocenters. The lowest BCUT2D eigenvalue weighted by molar-refractivity contribution is -0.120. The van der Waals surface area contributed by atoms with Crippen LogP contribution in [0.4, 0.5) is 0 Å². The van der Waals surface area contributed by atoms with Gasteiger partial charge in [-0.3, -0.25) is 4.79 Å². The van der Waals surface area contributed by atoms with Gasteiger partial charge in [0.2, 0.25) is 0 Å². The molecule has 2 nitrogen and oxygen atoms in total. The monoisotopic (exact) mass is 255 g/mol. The summed E-state index contributed by atoms with van der Waals surface area (Å²) >= 11 is 0. The minimum atomic E-state index is -0.442. The van der Waals surface area contributed by atoms with Crippen molar-refractivity contribution in [2.45, 2.75) is 45.1 Å². The van der Waals surface area contributed by atoms with Crippen LogP contribution < -0.4 is 5.73 Å². The van der Waals surface area contributed by atoms with Gasteiger partial charge < -0.3 is 5.73 Å². The van der Waals surface area contributed by atoms with E-state index >= 15 is 0 Å². The number of rotatable bonds is 7. The summed E-state index contributed by atoms with van der Waals surface area (Å²) in [5.74, 6) is 0.155. The van der Waals surface area contributed by atoms with E-state index in [-0.39, 0.29) is 18.2 Å². The molecule has 3 heteroatoms. The maximum absolute atomic E-state index is 11.8. The summed E-state index contributed by atoms with van der Waals surface area (Å²) in [5.41, 5.74) is 6.82. The van der Waals surface area contributed by atoms with Crippen LogP contribution in [0.2, 0.25) is 0 Å². The summed E-state index contributed by atoms with van der Waals surface area (Å²) in [6.45, 7) is 2.16. The summed E-state index contributed by atoms with van der Waals surface area (Å²) in [4.78, 5) is 11.8. The number of hydrogen-bond acceptors (Lipinski definition) is 2. The number of hydrogen-bond donors (Lipinski definition) is 1. The fraction of sp³-hybridized carbons (Fsp3) is 0.500. The van der Waals surface area contributed by atoms with Crippen LogP contribution in [-0.2, 0) is 4.79 Å². The Labute approximate surface area is 110 Å². The molecule has 0 amide bonds. The van der Waals surface area contributed by atoms with Crippen molar-refractivity contribution in [3.63, 3.8) is 0 Å². The molecule has 0 fully saturated rings. The molecule has 0 radical (unpaired) electrons. The number of unbranched alkanes of at least 4 members (excludes halogenated alkanes) is 3. The standard InChI is InChI=1S/C14H21NO.ClH/c1-2-3-4-8-11-13(16)14(15)12-9-6-5-7-10-12;/h5-7,9-10,14H,2-4,8,11,15H2,1H3;1H. The van der Waals surface area contributed by atoms with Gasteiger partial charge in [-0.05, 0) is 12.0 Å². The number of halogens is 1. The first-order valence-electron chi connectivity index (χ1n) is 6.09. The molecule has 0 heterocycles. The van der Waals surface area contributed by atoms with Crippen LogP contribution in [0.5, 0.6) is 0 Å². The Balaban J connectivity index is 0.00000256. The predicted molar refractivity (Wildman–Crippen MR) is 74.4 cm³/mol. The van der Waals surface area contributed by atoms with Crippen LogP contribution in [0.15, 0.2) is 30.3 Å². The van der Waals surface area contributed by atoms with E-state index in [1.165, 1.54) is 12.8 Å². The van der Waals surface area contributed by atoms with Gasteiger partial charge in [-0.1, -0.05) is 56.5 Å². The number of carbonyl (C=O) groups excluding carboxylic acids is 1. The highest BCUT2D eigenvalue weighted by atomic mass is 35.5. The number of Topliss-reactive ketones (excluding diaryl/α,β-unsaturated/α-hetero) is 1. The van der Waals surface area contributed by atoms with Gasteiger partial charge in [0, 0.05) is 6.42 Å². The third-order valence-corrected chi connectivity index (χ3v) is 2.78. The topological polar surface area (TPSA) is 43.1 Å². The van der Waals surface area contributed by atoms with Crippen LogP contribution in [-0.4, -0.2) is 5.78 Å². The average molecular weight is 256 g/mol. The van der Waals surface area contributed by atoms with Crippen molar-refractivity contribution in [3.05, 3.63) is 35.9 Å². The van der Waals surface area contributed by atoms with Crippen LogP contribution in [0.1, 0.15) is 50.6 Å². The number of benzene rings is 1. The third-order valence-electron chi connectivity index (χ3n) is 2.78. The van der Waals surface area contributed by atoms with E-state index in [0.29, 0.717) is 6.42 Å². The maximum atomic E-state index is 11.8. The molecule has 0 aromatic heterocycles. The average Bonchev–Trinajstić information content (AvgIpc) is 2.34. The van der Waals surface area contributed by atoms with Gasteiger partial charge in [0.15, 0.2) is 5.78 Å². The SMILES string of the molecule is CCCCCCC(=O)C(N)c1ccccc1.Cl. The Morgan fingerprint density at radius 3 is 2.41 bits per heavy atom. The molecule has 1 aromatic rings. The van der Waals surface area contributed by atoms with Crippen LogP contribution in [0.25, 0.3) is 0 Å². The largest absolute Gasteiger partial charge is 0.318 e. The van der Waals surface area contributed by atoms with Gasteiger partial charge in [0.25, 0.3) is 0 Å². The zero-order valence-corrected chi connectivity index (χ0v) is 11.2. The normalized spacial score (nSPS) is 11.6. The van der Waals surface area contributed by atoms with Crippen molar-refractivity contribution in [2.75, 3.05) is 0 Å². The van der Waals surface area contributed by atoms with Crippen molar-refractivity contribution in [3.8, 4) is 0 Å². The summed E-state index contributed by atoms with van der Waals surface area (Å²) in [5, 5.41) is 0. The molecular formula is C14H22ClNO. The maximum Gasteiger partial charge on any atom is 0.154 e. The molecule has 0 aliphatic carbocycles. The lowest BCUT2D eigenvalue weighted by Gasteiger charge is -2.10. The minimum absolute atomic E-state index is 0. The van der Waals surface area contributed by atoms with Gasteiger partial charge in [0.1, 0.15) is 0 Å². The number of nitrogens with two attached hydrogens (primary N) is 1. The smallest absolute Gasteiger partial charge is 0.154 e. The minimum Gasteiger partial charge on any atom is -0.318 e. The van der Waals surface area contributed by atoms with E-state index in [0.717, 1.165) is 18.4 Å². The van der Waals surface area contributed by atoms with E-state index < -0.39 is 6.04 Å². The zero-order chi connectivity index (χ0) is 11.8. The Bertz CT molecular complexity index is 313. The fourth-order valence-corrected chi connectivity index (χ4v) is 1.73. The second-order valence-corrected chi connectivity index (χ2v) is 4.17. The number of carbonyl (C=O) groups is 1. The predicted octanol–water partition coefficient (Wildman–Crippen LogP) is 3.65. The van der Waals surface area contributed by atoms with Crippen molar-refractivity contribution in [2.24, 2.45) is 5.73 Å². The molecule has 1 atom stereocenters. The summed E-state index contributed by atoms with van der Waals surface area (Å²) in [7, 11) is 0. The molecule has 1 aromatic carbocycles. The van der Waals surface area contributed by atoms with Crippen molar-refractivity contribution in [1.29, 1.82) is 0 Å². The van der Waals surface area contributed by atoms with E-state index in [1.807, 2.05) is 30.3 Å². The van der Waals surface area contributed by atoms with Crippen LogP contribution in [0.3, 0.4) is 0 Å². The molecular weight excluding hydrogens is 234 g/mol. The Hall–Kier alpha value is -0.860. The second kappa shape index (κ2) is 9.20. The highest BCUT2D eigenvalue weighted by molar-refractivity contribution is 5.85. The molecule has 0 saturated carbocycles. The van der Waals surface area contributed by atoms with Crippen molar-refractivity contribution in [1.82, 2.24) is 0 Å². The Kier molecular flexibility index (Phi) is 8.73. The summed E-state index contributed by atoms with van der Waals surface area (Å²) in [6.07, 6.45) is 5.10. The van der Waals surface area contributed by atoms with Crippen molar-refractivity contribution < 1.29 is 4.79 Å². The lowest BCUT2D eigenvalue weighted by atomic mass is 9.99. The van der Waals surface area contributed by atoms with E-state index in [1.54, 1.807) is 0 Å². The number of ketones is 1. The zero-order valence-electron chi connectivity index (χ0n) is 10.4. The van der Waals surface area contributed by atoms with Crippen molar-refractivity contribution >= 4 is 18.2 Å². The molecule has 17 heavy (non-hydrogen) atoms. The summed E-state index contributed by atoms with van der Waals surface area (Å²) in [6, 6.07) is 9.15. The van der Waals surface area contributed by atoms with E-state index in [9.17, 15) is 4.79 Å². The highest BCUT2D eigenvalue weighted by Gasteiger charge is 2.14. The molecule has 96 valence electrons. The van der Waals surface area contributed by atoms with Gasteiger partial charge in [-0.15, -0.1) is 12.4 Å². The van der Waals surface area contributed by atoms with E-state index in [4.69, 9.17) is 5.73 Å². The third kappa shape index (κ3) is 5.85. The summed E-state index contributed by atoms with van der Waals surface area (Å²) < 4.78 is 0. The van der Waals surface area contributed by atoms with Gasteiger partial charge in [-0.25, -0.2) is 0 Å². The fourth-order valence-electron chi connectivity index (χ4n) is 1.73. The molecule has 0 bridgehead atoms. The Morgan fingerprint density at radius 1 is 1.18 bits per heavy atom. The molecule has 0 saturated heterocycles. The van der Waals surface area contributed by atoms with Crippen LogP contribution in [0, 0.1) is 0 Å². The molecule has 0 aliphatic rings. The Morgan fingerprint density at radius 2 is 1.82 bits per heavy atom. The van der Waals surface area contributed by atoms with E-state index in [2.05, 4.69) is 6.92 Å². The second-order valence-electron chi connectivity index (χ2n) is 4.17. The quantitative estimate of drug-likeness (QED) is 0.756. The highest BCUT2D eigenvalue weighted by Crippen LogP contribution is 2.14. The molecule has 2 N–H and O–H groups in total. The molecule has 1 rings (SSSR count).